The Morgan fingerprint density at radius 2 is 2.17 bits per heavy atom. The van der Waals surface area contributed by atoms with E-state index in [0.29, 0.717) is 11.1 Å². The van der Waals surface area contributed by atoms with E-state index in [2.05, 4.69) is 0 Å². The van der Waals surface area contributed by atoms with Gasteiger partial charge >= 0.3 is 5.97 Å². The molecule has 1 aliphatic heterocycles. The SMILES string of the molecule is O=C1OCC(O)c2ccccc21. The molecule has 1 unspecified atom stereocenters. The Morgan fingerprint density at radius 1 is 1.42 bits per heavy atom. The molecule has 12 heavy (non-hydrogen) atoms. The number of esters is 1. The summed E-state index contributed by atoms with van der Waals surface area (Å²) in [5.74, 6) is -0.351. The first kappa shape index (κ1) is 7.31. The van der Waals surface area contributed by atoms with Gasteiger partial charge in [-0.25, -0.2) is 4.79 Å². The third kappa shape index (κ3) is 0.987. The number of fused-ring (bicyclic) bond motifs is 1. The Kier molecular flexibility index (Phi) is 1.59. The minimum atomic E-state index is -0.668. The molecule has 1 aromatic carbocycles. The van der Waals surface area contributed by atoms with Crippen LogP contribution in [0.3, 0.4) is 0 Å². The number of hydrogen-bond acceptors (Lipinski definition) is 3. The van der Waals surface area contributed by atoms with Gasteiger partial charge < -0.3 is 9.84 Å². The first-order valence-corrected chi connectivity index (χ1v) is 3.73. The lowest BCUT2D eigenvalue weighted by Gasteiger charge is -2.20. The summed E-state index contributed by atoms with van der Waals surface area (Å²) in [5.41, 5.74) is 1.13. The second-order valence-corrected chi connectivity index (χ2v) is 2.70. The average molecular weight is 164 g/mol. The number of aliphatic hydroxyl groups is 1. The molecule has 0 saturated heterocycles. The highest BCUT2D eigenvalue weighted by atomic mass is 16.5. The van der Waals surface area contributed by atoms with Crippen molar-refractivity contribution in [3.05, 3.63) is 35.4 Å². The lowest BCUT2D eigenvalue weighted by atomic mass is 10.0. The van der Waals surface area contributed by atoms with Crippen LogP contribution >= 0.6 is 0 Å². The van der Waals surface area contributed by atoms with Crippen molar-refractivity contribution in [2.24, 2.45) is 0 Å². The number of aliphatic hydroxyl groups excluding tert-OH is 1. The van der Waals surface area contributed by atoms with E-state index in [-0.39, 0.29) is 12.6 Å². The molecule has 0 spiro atoms. The van der Waals surface area contributed by atoms with Crippen molar-refractivity contribution >= 4 is 5.97 Å². The van der Waals surface area contributed by atoms with Gasteiger partial charge in [0.05, 0.1) is 5.56 Å². The summed E-state index contributed by atoms with van der Waals surface area (Å²) in [5, 5.41) is 9.40. The molecule has 0 aliphatic carbocycles. The Balaban J connectivity index is 2.55. The van der Waals surface area contributed by atoms with Crippen molar-refractivity contribution < 1.29 is 14.6 Å². The van der Waals surface area contributed by atoms with Gasteiger partial charge in [-0.1, -0.05) is 18.2 Å². The van der Waals surface area contributed by atoms with Crippen molar-refractivity contribution in [2.45, 2.75) is 6.10 Å². The molecule has 62 valence electrons. The molecular weight excluding hydrogens is 156 g/mol. The lowest BCUT2D eigenvalue weighted by Crippen LogP contribution is -2.21. The van der Waals surface area contributed by atoms with E-state index >= 15 is 0 Å². The van der Waals surface area contributed by atoms with Crippen molar-refractivity contribution in [1.29, 1.82) is 0 Å². The smallest absolute Gasteiger partial charge is 0.338 e. The summed E-state index contributed by atoms with van der Waals surface area (Å²) in [4.78, 5) is 11.1. The maximum absolute atomic E-state index is 11.1. The Morgan fingerprint density at radius 3 is 2.92 bits per heavy atom. The number of cyclic esters (lactones) is 1. The number of carbonyl (C=O) groups is 1. The zero-order valence-electron chi connectivity index (χ0n) is 6.36. The normalized spacial score (nSPS) is 21.4. The molecule has 1 N–H and O–H groups in total. The van der Waals surface area contributed by atoms with Crippen molar-refractivity contribution in [3.8, 4) is 0 Å². The minimum absolute atomic E-state index is 0.0653. The zero-order valence-corrected chi connectivity index (χ0v) is 6.36. The average Bonchev–Trinajstić information content (AvgIpc) is 2.12. The van der Waals surface area contributed by atoms with Gasteiger partial charge in [-0.05, 0) is 11.6 Å². The van der Waals surface area contributed by atoms with Crippen LogP contribution in [-0.2, 0) is 4.74 Å². The van der Waals surface area contributed by atoms with E-state index in [1.54, 1.807) is 24.3 Å². The van der Waals surface area contributed by atoms with Crippen LogP contribution in [0.15, 0.2) is 24.3 Å². The maximum Gasteiger partial charge on any atom is 0.338 e. The highest BCUT2D eigenvalue weighted by Gasteiger charge is 2.24. The summed E-state index contributed by atoms with van der Waals surface area (Å²) in [6.07, 6.45) is -0.668. The number of ether oxygens (including phenoxy) is 1. The van der Waals surface area contributed by atoms with Crippen LogP contribution in [0.25, 0.3) is 0 Å². The van der Waals surface area contributed by atoms with E-state index in [0.717, 1.165) is 0 Å². The molecule has 0 radical (unpaired) electrons. The van der Waals surface area contributed by atoms with E-state index in [1.165, 1.54) is 0 Å². The molecule has 1 atom stereocenters. The van der Waals surface area contributed by atoms with E-state index in [9.17, 15) is 9.90 Å². The number of carbonyl (C=O) groups excluding carboxylic acids is 1. The molecular formula is C9H8O3. The van der Waals surface area contributed by atoms with Crippen LogP contribution in [-0.4, -0.2) is 17.7 Å². The van der Waals surface area contributed by atoms with Gasteiger partial charge in [0.1, 0.15) is 12.7 Å². The van der Waals surface area contributed by atoms with Gasteiger partial charge in [-0.3, -0.25) is 0 Å². The highest BCUT2D eigenvalue weighted by Crippen LogP contribution is 2.23. The van der Waals surface area contributed by atoms with Crippen LogP contribution in [0.1, 0.15) is 22.0 Å². The van der Waals surface area contributed by atoms with E-state index in [1.807, 2.05) is 0 Å². The number of benzene rings is 1. The number of hydrogen-bond donors (Lipinski definition) is 1. The molecule has 0 bridgehead atoms. The van der Waals surface area contributed by atoms with Crippen molar-refractivity contribution in [1.82, 2.24) is 0 Å². The molecule has 0 amide bonds. The van der Waals surface area contributed by atoms with Gasteiger partial charge in [0.2, 0.25) is 0 Å². The fourth-order valence-corrected chi connectivity index (χ4v) is 1.30. The topological polar surface area (TPSA) is 46.5 Å². The summed E-state index contributed by atoms with van der Waals surface area (Å²) in [6.45, 7) is 0.0653. The summed E-state index contributed by atoms with van der Waals surface area (Å²) in [6, 6.07) is 6.93. The first-order chi connectivity index (χ1) is 5.79. The van der Waals surface area contributed by atoms with Gasteiger partial charge in [0.25, 0.3) is 0 Å². The monoisotopic (exact) mass is 164 g/mol. The van der Waals surface area contributed by atoms with Gasteiger partial charge in [-0.2, -0.15) is 0 Å². The summed E-state index contributed by atoms with van der Waals surface area (Å²) < 4.78 is 4.73. The molecule has 3 heteroatoms. The quantitative estimate of drug-likeness (QED) is 0.579. The van der Waals surface area contributed by atoms with Crippen LogP contribution in [0.4, 0.5) is 0 Å². The third-order valence-electron chi connectivity index (χ3n) is 1.91. The second-order valence-electron chi connectivity index (χ2n) is 2.70. The zero-order chi connectivity index (χ0) is 8.55. The molecule has 0 fully saturated rings. The standard InChI is InChI=1S/C9H8O3/c10-8-5-12-9(11)7-4-2-1-3-6(7)8/h1-4,8,10H,5H2. The Bertz CT molecular complexity index is 319. The Labute approximate surface area is 69.6 Å². The minimum Gasteiger partial charge on any atom is -0.459 e. The molecule has 3 nitrogen and oxygen atoms in total. The first-order valence-electron chi connectivity index (χ1n) is 3.73. The summed E-state index contributed by atoms with van der Waals surface area (Å²) in [7, 11) is 0. The van der Waals surface area contributed by atoms with E-state index < -0.39 is 6.10 Å². The molecule has 2 rings (SSSR count). The molecule has 0 aromatic heterocycles. The van der Waals surface area contributed by atoms with Gasteiger partial charge in [0.15, 0.2) is 0 Å². The third-order valence-corrected chi connectivity index (χ3v) is 1.91. The van der Waals surface area contributed by atoms with Gasteiger partial charge in [0, 0.05) is 0 Å². The summed E-state index contributed by atoms with van der Waals surface area (Å²) >= 11 is 0. The van der Waals surface area contributed by atoms with Crippen molar-refractivity contribution in [2.75, 3.05) is 6.61 Å². The largest absolute Gasteiger partial charge is 0.459 e. The second kappa shape index (κ2) is 2.60. The van der Waals surface area contributed by atoms with Crippen molar-refractivity contribution in [3.63, 3.8) is 0 Å². The number of rotatable bonds is 0. The molecule has 1 aromatic rings. The fourth-order valence-electron chi connectivity index (χ4n) is 1.30. The Hall–Kier alpha value is -1.35. The van der Waals surface area contributed by atoms with Crippen LogP contribution in [0.2, 0.25) is 0 Å². The highest BCUT2D eigenvalue weighted by molar-refractivity contribution is 5.92. The maximum atomic E-state index is 11.1. The molecule has 1 heterocycles. The fraction of sp³-hybridized carbons (Fsp3) is 0.222. The van der Waals surface area contributed by atoms with Crippen LogP contribution < -0.4 is 0 Å². The van der Waals surface area contributed by atoms with Gasteiger partial charge in [-0.15, -0.1) is 0 Å². The van der Waals surface area contributed by atoms with Crippen LogP contribution in [0.5, 0.6) is 0 Å². The lowest BCUT2D eigenvalue weighted by molar-refractivity contribution is 0.0167. The van der Waals surface area contributed by atoms with Crippen LogP contribution in [0, 0.1) is 0 Å². The predicted molar refractivity (Wildman–Crippen MR) is 41.7 cm³/mol. The predicted octanol–water partition coefficient (Wildman–Crippen LogP) is 0.890. The molecule has 0 saturated carbocycles. The molecule has 1 aliphatic rings. The van der Waals surface area contributed by atoms with E-state index in [4.69, 9.17) is 4.74 Å².